The molecule has 1 aliphatic rings. The van der Waals surface area contributed by atoms with Gasteiger partial charge in [-0.1, -0.05) is 6.92 Å². The van der Waals surface area contributed by atoms with Crippen LogP contribution in [0.2, 0.25) is 0 Å². The molecule has 0 saturated carbocycles. The lowest BCUT2D eigenvalue weighted by Gasteiger charge is -2.15. The van der Waals surface area contributed by atoms with E-state index in [2.05, 4.69) is 6.92 Å². The summed E-state index contributed by atoms with van der Waals surface area (Å²) in [5.74, 6) is 0.167. The van der Waals surface area contributed by atoms with Gasteiger partial charge in [-0.15, -0.1) is 0 Å². The van der Waals surface area contributed by atoms with Crippen molar-refractivity contribution in [2.75, 3.05) is 26.2 Å². The lowest BCUT2D eigenvalue weighted by Crippen LogP contribution is -2.31. The minimum atomic E-state index is -0.448. The summed E-state index contributed by atoms with van der Waals surface area (Å²) in [4.78, 5) is 24.6. The van der Waals surface area contributed by atoms with Gasteiger partial charge in [-0.2, -0.15) is 0 Å². The first-order valence-corrected chi connectivity index (χ1v) is 5.72. The third kappa shape index (κ3) is 3.20. The second kappa shape index (κ2) is 5.84. The second-order valence-corrected chi connectivity index (χ2v) is 4.25. The lowest BCUT2D eigenvalue weighted by atomic mass is 9.99. The van der Waals surface area contributed by atoms with E-state index in [0.717, 1.165) is 0 Å². The Kier molecular flexibility index (Phi) is 4.73. The molecule has 2 atom stereocenters. The zero-order chi connectivity index (χ0) is 12.1. The Bertz CT molecular complexity index is 268. The van der Waals surface area contributed by atoms with Crippen molar-refractivity contribution >= 4 is 11.9 Å². The van der Waals surface area contributed by atoms with Crippen LogP contribution in [0.15, 0.2) is 0 Å². The van der Waals surface area contributed by atoms with Gasteiger partial charge in [-0.25, -0.2) is 0 Å². The van der Waals surface area contributed by atoms with Crippen molar-refractivity contribution in [2.45, 2.75) is 20.3 Å². The van der Waals surface area contributed by atoms with Crippen LogP contribution in [0, 0.1) is 11.8 Å². The highest BCUT2D eigenvalue weighted by atomic mass is 16.5. The Labute approximate surface area is 95.9 Å². The summed E-state index contributed by atoms with van der Waals surface area (Å²) in [7, 11) is 0. The van der Waals surface area contributed by atoms with Crippen LogP contribution in [0.25, 0.3) is 0 Å². The van der Waals surface area contributed by atoms with Crippen LogP contribution in [0.5, 0.6) is 0 Å². The highest BCUT2D eigenvalue weighted by Crippen LogP contribution is 2.22. The Balaban J connectivity index is 2.41. The van der Waals surface area contributed by atoms with E-state index in [1.165, 1.54) is 0 Å². The molecule has 0 unspecified atom stereocenters. The Hall–Kier alpha value is -1.10. The summed E-state index contributed by atoms with van der Waals surface area (Å²) in [6, 6.07) is 0. The zero-order valence-corrected chi connectivity index (χ0v) is 9.94. The summed E-state index contributed by atoms with van der Waals surface area (Å²) >= 11 is 0. The molecule has 1 rings (SSSR count). The van der Waals surface area contributed by atoms with E-state index in [9.17, 15) is 9.59 Å². The normalized spacial score (nSPS) is 24.6. The van der Waals surface area contributed by atoms with Crippen LogP contribution < -0.4 is 5.73 Å². The van der Waals surface area contributed by atoms with E-state index in [1.807, 2.05) is 0 Å². The number of rotatable bonds is 4. The monoisotopic (exact) mass is 228 g/mol. The van der Waals surface area contributed by atoms with Gasteiger partial charge in [0.1, 0.15) is 6.42 Å². The third-order valence-corrected chi connectivity index (χ3v) is 3.02. The fraction of sp³-hybridized carbons (Fsp3) is 0.818. The average Bonchev–Trinajstić information content (AvgIpc) is 2.60. The molecule has 1 saturated heterocycles. The number of carbonyl (C=O) groups is 2. The number of ether oxygens (including phenoxy) is 1. The van der Waals surface area contributed by atoms with Gasteiger partial charge in [0.15, 0.2) is 0 Å². The quantitative estimate of drug-likeness (QED) is 0.542. The molecule has 92 valence electrons. The SMILES string of the molecule is CCOC(=O)CC(=O)N1C[C@@H](CN)[C@H](C)C1. The summed E-state index contributed by atoms with van der Waals surface area (Å²) in [6.07, 6.45) is -0.155. The van der Waals surface area contributed by atoms with Crippen LogP contribution in [0.1, 0.15) is 20.3 Å². The molecule has 0 aliphatic carbocycles. The molecule has 1 amide bonds. The largest absolute Gasteiger partial charge is 0.466 e. The minimum Gasteiger partial charge on any atom is -0.466 e. The molecule has 0 spiro atoms. The number of nitrogens with zero attached hydrogens (tertiary/aromatic N) is 1. The Morgan fingerprint density at radius 3 is 2.62 bits per heavy atom. The number of esters is 1. The van der Waals surface area contributed by atoms with Crippen molar-refractivity contribution in [2.24, 2.45) is 17.6 Å². The van der Waals surface area contributed by atoms with Gasteiger partial charge in [0, 0.05) is 13.1 Å². The number of hydrogen-bond donors (Lipinski definition) is 1. The smallest absolute Gasteiger partial charge is 0.315 e. The predicted molar refractivity (Wildman–Crippen MR) is 59.5 cm³/mol. The zero-order valence-electron chi connectivity index (χ0n) is 9.94. The molecule has 0 radical (unpaired) electrons. The molecule has 1 aliphatic heterocycles. The van der Waals surface area contributed by atoms with Crippen molar-refractivity contribution in [1.82, 2.24) is 4.90 Å². The fourth-order valence-corrected chi connectivity index (χ4v) is 1.99. The molecule has 0 aromatic carbocycles. The summed E-state index contributed by atoms with van der Waals surface area (Å²) in [6.45, 7) is 6.06. The van der Waals surface area contributed by atoms with Gasteiger partial charge >= 0.3 is 5.97 Å². The van der Waals surface area contributed by atoms with E-state index in [-0.39, 0.29) is 12.3 Å². The van der Waals surface area contributed by atoms with Crippen molar-refractivity contribution in [3.63, 3.8) is 0 Å². The molecule has 0 aromatic heterocycles. The van der Waals surface area contributed by atoms with Crippen molar-refractivity contribution < 1.29 is 14.3 Å². The highest BCUT2D eigenvalue weighted by Gasteiger charge is 2.32. The molecule has 0 aromatic rings. The van der Waals surface area contributed by atoms with Gasteiger partial charge in [0.25, 0.3) is 0 Å². The molecule has 16 heavy (non-hydrogen) atoms. The van der Waals surface area contributed by atoms with Gasteiger partial charge in [0.05, 0.1) is 6.61 Å². The molecule has 5 heteroatoms. The number of likely N-dealkylation sites (tertiary alicyclic amines) is 1. The first kappa shape index (κ1) is 13.0. The maximum Gasteiger partial charge on any atom is 0.315 e. The van der Waals surface area contributed by atoms with E-state index >= 15 is 0 Å². The molecule has 2 N–H and O–H groups in total. The first-order valence-electron chi connectivity index (χ1n) is 5.72. The van der Waals surface area contributed by atoms with Gasteiger partial charge in [-0.3, -0.25) is 9.59 Å². The minimum absolute atomic E-state index is 0.152. The van der Waals surface area contributed by atoms with Crippen molar-refractivity contribution in [3.8, 4) is 0 Å². The molecule has 0 bridgehead atoms. The molecule has 1 heterocycles. The molecule has 1 fully saturated rings. The fourth-order valence-electron chi connectivity index (χ4n) is 1.99. The number of hydrogen-bond acceptors (Lipinski definition) is 4. The Morgan fingerprint density at radius 2 is 2.12 bits per heavy atom. The van der Waals surface area contributed by atoms with Crippen LogP contribution in [0.3, 0.4) is 0 Å². The van der Waals surface area contributed by atoms with E-state index in [4.69, 9.17) is 10.5 Å². The summed E-state index contributed by atoms with van der Waals surface area (Å²) < 4.78 is 4.74. The van der Waals surface area contributed by atoms with Crippen molar-refractivity contribution in [3.05, 3.63) is 0 Å². The lowest BCUT2D eigenvalue weighted by molar-refractivity contribution is -0.148. The van der Waals surface area contributed by atoms with Crippen LogP contribution >= 0.6 is 0 Å². The summed E-state index contributed by atoms with van der Waals surface area (Å²) in [5, 5.41) is 0. The van der Waals surface area contributed by atoms with E-state index < -0.39 is 5.97 Å². The van der Waals surface area contributed by atoms with Crippen LogP contribution in [0.4, 0.5) is 0 Å². The Morgan fingerprint density at radius 1 is 1.44 bits per heavy atom. The van der Waals surface area contributed by atoms with Gasteiger partial charge < -0.3 is 15.4 Å². The second-order valence-electron chi connectivity index (χ2n) is 4.25. The maximum atomic E-state index is 11.7. The number of nitrogens with two attached hydrogens (primary N) is 1. The maximum absolute atomic E-state index is 11.7. The number of amides is 1. The topological polar surface area (TPSA) is 72.6 Å². The van der Waals surface area contributed by atoms with Gasteiger partial charge in [0.2, 0.25) is 5.91 Å². The molecular formula is C11H20N2O3. The van der Waals surface area contributed by atoms with Crippen molar-refractivity contribution in [1.29, 1.82) is 0 Å². The van der Waals surface area contributed by atoms with Crippen LogP contribution in [-0.2, 0) is 14.3 Å². The third-order valence-electron chi connectivity index (χ3n) is 3.02. The molecular weight excluding hydrogens is 208 g/mol. The van der Waals surface area contributed by atoms with E-state index in [1.54, 1.807) is 11.8 Å². The molecule has 5 nitrogen and oxygen atoms in total. The first-order chi connectivity index (χ1) is 7.58. The van der Waals surface area contributed by atoms with Gasteiger partial charge in [-0.05, 0) is 25.3 Å². The number of carbonyl (C=O) groups excluding carboxylic acids is 2. The predicted octanol–water partition coefficient (Wildman–Crippen LogP) is -0.00720. The summed E-state index contributed by atoms with van der Waals surface area (Å²) in [5.41, 5.74) is 5.61. The highest BCUT2D eigenvalue weighted by molar-refractivity contribution is 5.94. The average molecular weight is 228 g/mol. The van der Waals surface area contributed by atoms with E-state index in [0.29, 0.717) is 38.1 Å². The van der Waals surface area contributed by atoms with Crippen LogP contribution in [-0.4, -0.2) is 43.0 Å². The standard InChI is InChI=1S/C11H20N2O3/c1-3-16-11(15)4-10(14)13-6-8(2)9(5-12)7-13/h8-9H,3-7,12H2,1-2H3/t8-,9-/m1/s1.